The number of urea groups is 1. The number of rotatable bonds is 8. The first-order valence-corrected chi connectivity index (χ1v) is 10.5. The molecule has 0 saturated carbocycles. The summed E-state index contributed by atoms with van der Waals surface area (Å²) >= 11 is 6.15. The van der Waals surface area contributed by atoms with Crippen molar-refractivity contribution in [3.05, 3.63) is 107 Å². The zero-order valence-electron chi connectivity index (χ0n) is 17.4. The minimum absolute atomic E-state index is 0.153. The van der Waals surface area contributed by atoms with Crippen LogP contribution in [0.4, 0.5) is 4.79 Å². The van der Waals surface area contributed by atoms with E-state index in [9.17, 15) is 9.59 Å². The summed E-state index contributed by atoms with van der Waals surface area (Å²) in [5, 5.41) is 6.47. The number of nitrogens with one attached hydrogen (secondary N) is 2. The van der Waals surface area contributed by atoms with Crippen molar-refractivity contribution in [2.75, 3.05) is 13.6 Å². The SMILES string of the molecule is CN(Cc1ccccc1)C(=O)NCCC(=O)NC(c1ccccc1)c1cccc(Cl)c1. The molecule has 0 spiro atoms. The molecule has 0 aliphatic carbocycles. The summed E-state index contributed by atoms with van der Waals surface area (Å²) in [5.74, 6) is -0.153. The molecule has 6 heteroatoms. The first kappa shape index (κ1) is 22.4. The number of carbonyl (C=O) groups is 2. The molecule has 0 fully saturated rings. The Morgan fingerprint density at radius 2 is 1.55 bits per heavy atom. The second-order valence-electron chi connectivity index (χ2n) is 7.29. The molecule has 0 saturated heterocycles. The fourth-order valence-corrected chi connectivity index (χ4v) is 3.47. The molecule has 160 valence electrons. The summed E-state index contributed by atoms with van der Waals surface area (Å²) < 4.78 is 0. The molecule has 0 aliphatic rings. The smallest absolute Gasteiger partial charge is 0.317 e. The third kappa shape index (κ3) is 6.86. The molecule has 5 nitrogen and oxygen atoms in total. The van der Waals surface area contributed by atoms with Crippen LogP contribution in [0, 0.1) is 0 Å². The standard InChI is InChI=1S/C25H26ClN3O2/c1-29(18-19-9-4-2-5-10-19)25(31)27-16-15-23(30)28-24(20-11-6-3-7-12-20)21-13-8-14-22(26)17-21/h2-14,17,24H,15-16,18H2,1H3,(H,27,31)(H,28,30). The lowest BCUT2D eigenvalue weighted by Gasteiger charge is -2.21. The monoisotopic (exact) mass is 435 g/mol. The van der Waals surface area contributed by atoms with Crippen molar-refractivity contribution in [1.82, 2.24) is 15.5 Å². The summed E-state index contributed by atoms with van der Waals surface area (Å²) in [6, 6.07) is 26.4. The van der Waals surface area contributed by atoms with Crippen molar-refractivity contribution in [1.29, 1.82) is 0 Å². The first-order chi connectivity index (χ1) is 15.0. The molecule has 2 N–H and O–H groups in total. The predicted molar refractivity (Wildman–Crippen MR) is 124 cm³/mol. The lowest BCUT2D eigenvalue weighted by molar-refractivity contribution is -0.121. The van der Waals surface area contributed by atoms with Gasteiger partial charge in [0.15, 0.2) is 0 Å². The Labute approximate surface area is 188 Å². The van der Waals surface area contributed by atoms with E-state index in [4.69, 9.17) is 11.6 Å². The van der Waals surface area contributed by atoms with E-state index >= 15 is 0 Å². The van der Waals surface area contributed by atoms with E-state index in [2.05, 4.69) is 10.6 Å². The van der Waals surface area contributed by atoms with Gasteiger partial charge in [0, 0.05) is 31.6 Å². The first-order valence-electron chi connectivity index (χ1n) is 10.2. The molecule has 0 aromatic heterocycles. The van der Waals surface area contributed by atoms with Gasteiger partial charge in [-0.3, -0.25) is 4.79 Å². The Bertz CT molecular complexity index is 996. The zero-order valence-corrected chi connectivity index (χ0v) is 18.2. The van der Waals surface area contributed by atoms with Crippen molar-refractivity contribution < 1.29 is 9.59 Å². The van der Waals surface area contributed by atoms with E-state index in [1.54, 1.807) is 18.0 Å². The second-order valence-corrected chi connectivity index (χ2v) is 7.73. The Balaban J connectivity index is 1.54. The molecule has 3 rings (SSSR count). The van der Waals surface area contributed by atoms with Gasteiger partial charge in [0.1, 0.15) is 0 Å². The summed E-state index contributed by atoms with van der Waals surface area (Å²) in [6.45, 7) is 0.755. The fourth-order valence-electron chi connectivity index (χ4n) is 3.27. The Hall–Kier alpha value is -3.31. The molecule has 0 radical (unpaired) electrons. The highest BCUT2D eigenvalue weighted by Crippen LogP contribution is 2.24. The molecule has 1 unspecified atom stereocenters. The van der Waals surface area contributed by atoms with Gasteiger partial charge >= 0.3 is 6.03 Å². The third-order valence-corrected chi connectivity index (χ3v) is 5.09. The third-order valence-electron chi connectivity index (χ3n) is 4.86. The van der Waals surface area contributed by atoms with Crippen LogP contribution in [-0.4, -0.2) is 30.4 Å². The van der Waals surface area contributed by atoms with Crippen LogP contribution in [0.5, 0.6) is 0 Å². The summed E-state index contributed by atoms with van der Waals surface area (Å²) in [5.41, 5.74) is 2.91. The molecular formula is C25H26ClN3O2. The Kier molecular flexibility index (Phi) is 8.07. The van der Waals surface area contributed by atoms with Crippen molar-refractivity contribution in [3.63, 3.8) is 0 Å². The summed E-state index contributed by atoms with van der Waals surface area (Å²) in [4.78, 5) is 26.5. The van der Waals surface area contributed by atoms with Gasteiger partial charge < -0.3 is 15.5 Å². The van der Waals surface area contributed by atoms with E-state index in [0.29, 0.717) is 11.6 Å². The van der Waals surface area contributed by atoms with Gasteiger partial charge in [0.25, 0.3) is 0 Å². The van der Waals surface area contributed by atoms with Gasteiger partial charge in [-0.25, -0.2) is 4.79 Å². The molecule has 3 aromatic rings. The second kappa shape index (κ2) is 11.2. The van der Waals surface area contributed by atoms with Gasteiger partial charge in [0.05, 0.1) is 6.04 Å². The maximum atomic E-state index is 12.6. The fraction of sp³-hybridized carbons (Fsp3) is 0.200. The van der Waals surface area contributed by atoms with E-state index in [0.717, 1.165) is 16.7 Å². The highest BCUT2D eigenvalue weighted by Gasteiger charge is 2.17. The van der Waals surface area contributed by atoms with Gasteiger partial charge in [-0.1, -0.05) is 84.4 Å². The molecule has 3 aromatic carbocycles. The molecule has 0 aliphatic heterocycles. The lowest BCUT2D eigenvalue weighted by atomic mass is 9.98. The minimum Gasteiger partial charge on any atom is -0.345 e. The van der Waals surface area contributed by atoms with Crippen LogP contribution in [0.25, 0.3) is 0 Å². The normalized spacial score (nSPS) is 11.4. The number of amides is 3. The van der Waals surface area contributed by atoms with Crippen LogP contribution in [0.15, 0.2) is 84.9 Å². The molecule has 1 atom stereocenters. The number of hydrogen-bond acceptors (Lipinski definition) is 2. The van der Waals surface area contributed by atoms with Crippen LogP contribution < -0.4 is 10.6 Å². The number of halogens is 1. The van der Waals surface area contributed by atoms with Gasteiger partial charge in [-0.05, 0) is 28.8 Å². The van der Waals surface area contributed by atoms with Crippen LogP contribution in [0.2, 0.25) is 5.02 Å². The number of carbonyl (C=O) groups excluding carboxylic acids is 2. The highest BCUT2D eigenvalue weighted by molar-refractivity contribution is 6.30. The van der Waals surface area contributed by atoms with E-state index in [1.807, 2.05) is 78.9 Å². The molecule has 31 heavy (non-hydrogen) atoms. The summed E-state index contributed by atoms with van der Waals surface area (Å²) in [7, 11) is 1.73. The average molecular weight is 436 g/mol. The zero-order chi connectivity index (χ0) is 22.1. The molecule has 0 heterocycles. The van der Waals surface area contributed by atoms with Crippen LogP contribution >= 0.6 is 11.6 Å². The number of hydrogen-bond donors (Lipinski definition) is 2. The maximum absolute atomic E-state index is 12.6. The van der Waals surface area contributed by atoms with Crippen LogP contribution in [0.3, 0.4) is 0 Å². The topological polar surface area (TPSA) is 61.4 Å². The maximum Gasteiger partial charge on any atom is 0.317 e. The number of nitrogens with zero attached hydrogens (tertiary/aromatic N) is 1. The number of benzene rings is 3. The van der Waals surface area contributed by atoms with Gasteiger partial charge in [-0.2, -0.15) is 0 Å². The van der Waals surface area contributed by atoms with E-state index in [1.165, 1.54) is 0 Å². The minimum atomic E-state index is -0.316. The van der Waals surface area contributed by atoms with Crippen molar-refractivity contribution >= 4 is 23.5 Å². The average Bonchev–Trinajstić information content (AvgIpc) is 2.78. The largest absolute Gasteiger partial charge is 0.345 e. The lowest BCUT2D eigenvalue weighted by Crippen LogP contribution is -2.39. The molecule has 0 bridgehead atoms. The Morgan fingerprint density at radius 3 is 2.23 bits per heavy atom. The van der Waals surface area contributed by atoms with Crippen LogP contribution in [-0.2, 0) is 11.3 Å². The Morgan fingerprint density at radius 1 is 0.903 bits per heavy atom. The van der Waals surface area contributed by atoms with E-state index < -0.39 is 0 Å². The van der Waals surface area contributed by atoms with Crippen molar-refractivity contribution in [3.8, 4) is 0 Å². The van der Waals surface area contributed by atoms with Crippen LogP contribution in [0.1, 0.15) is 29.2 Å². The van der Waals surface area contributed by atoms with Crippen molar-refractivity contribution in [2.24, 2.45) is 0 Å². The molecular weight excluding hydrogens is 410 g/mol. The quantitative estimate of drug-likeness (QED) is 0.535. The highest BCUT2D eigenvalue weighted by atomic mass is 35.5. The predicted octanol–water partition coefficient (Wildman–Crippen LogP) is 4.78. The van der Waals surface area contributed by atoms with E-state index in [-0.39, 0.29) is 30.9 Å². The van der Waals surface area contributed by atoms with Gasteiger partial charge in [0.2, 0.25) is 5.91 Å². The summed E-state index contributed by atoms with van der Waals surface area (Å²) in [6.07, 6.45) is 0.175. The van der Waals surface area contributed by atoms with Crippen molar-refractivity contribution in [2.45, 2.75) is 19.0 Å². The van der Waals surface area contributed by atoms with Gasteiger partial charge in [-0.15, -0.1) is 0 Å². The molecule has 3 amide bonds.